The Morgan fingerprint density at radius 2 is 1.61 bits per heavy atom. The summed E-state index contributed by atoms with van der Waals surface area (Å²) in [7, 11) is -0.540. The number of rotatable bonds is 6. The van der Waals surface area contributed by atoms with Crippen LogP contribution in [-0.4, -0.2) is 39.3 Å². The molecule has 1 aliphatic rings. The van der Waals surface area contributed by atoms with Crippen molar-refractivity contribution in [3.63, 3.8) is 0 Å². The normalized spacial score (nSPS) is 13.3. The molecule has 0 atom stereocenters. The second-order valence-electron chi connectivity index (χ2n) is 7.68. The van der Waals surface area contributed by atoms with Crippen LogP contribution in [0.1, 0.15) is 27.0 Å². The molecule has 7 heteroatoms. The van der Waals surface area contributed by atoms with E-state index in [9.17, 15) is 13.2 Å². The number of benzene rings is 3. The van der Waals surface area contributed by atoms with Crippen molar-refractivity contribution in [3.05, 3.63) is 95.1 Å². The molecule has 1 N–H and O–H groups in total. The maximum absolute atomic E-state index is 13.2. The number of hydrogen-bond donors (Lipinski definition) is 1. The number of para-hydroxylation sites is 1. The predicted octanol–water partition coefficient (Wildman–Crippen LogP) is 3.70. The first kappa shape index (κ1) is 21.1. The summed E-state index contributed by atoms with van der Waals surface area (Å²) in [6.07, 6.45) is 1.12. The van der Waals surface area contributed by atoms with Gasteiger partial charge in [0.05, 0.1) is 5.69 Å². The number of nitrogens with one attached hydrogen (secondary N) is 1. The zero-order chi connectivity index (χ0) is 22.0. The lowest BCUT2D eigenvalue weighted by molar-refractivity contribution is 0.102. The Kier molecular flexibility index (Phi) is 5.80. The van der Waals surface area contributed by atoms with Gasteiger partial charge in [-0.2, -0.15) is 12.7 Å². The van der Waals surface area contributed by atoms with Gasteiger partial charge in [-0.1, -0.05) is 48.5 Å². The Hall–Kier alpha value is -3.16. The number of carbonyl (C=O) groups excluding carboxylic acids is 1. The molecule has 0 aromatic heterocycles. The van der Waals surface area contributed by atoms with Crippen LogP contribution in [0.5, 0.6) is 0 Å². The van der Waals surface area contributed by atoms with Crippen molar-refractivity contribution in [1.82, 2.24) is 4.31 Å². The van der Waals surface area contributed by atoms with Crippen LogP contribution in [0, 0.1) is 0 Å². The van der Waals surface area contributed by atoms with E-state index in [0.717, 1.165) is 22.4 Å². The monoisotopic (exact) mass is 435 g/mol. The Labute approximate surface area is 183 Å². The minimum absolute atomic E-state index is 0.200. The molecular weight excluding hydrogens is 410 g/mol. The fourth-order valence-corrected chi connectivity index (χ4v) is 5.03. The summed E-state index contributed by atoms with van der Waals surface area (Å²) < 4.78 is 28.2. The summed E-state index contributed by atoms with van der Waals surface area (Å²) in [5.41, 5.74) is 4.78. The molecule has 0 saturated heterocycles. The molecule has 3 aromatic rings. The lowest BCUT2D eigenvalue weighted by atomic mass is 9.92. The molecule has 0 fully saturated rings. The van der Waals surface area contributed by atoms with Gasteiger partial charge in [-0.25, -0.2) is 0 Å². The molecule has 1 aliphatic heterocycles. The van der Waals surface area contributed by atoms with Crippen LogP contribution in [0.25, 0.3) is 0 Å². The lowest BCUT2D eigenvalue weighted by Gasteiger charge is -2.24. The maximum atomic E-state index is 13.2. The van der Waals surface area contributed by atoms with Crippen LogP contribution in [-0.2, 0) is 23.1 Å². The zero-order valence-electron chi connectivity index (χ0n) is 17.6. The lowest BCUT2D eigenvalue weighted by Crippen LogP contribution is -2.39. The first-order chi connectivity index (χ1) is 14.9. The summed E-state index contributed by atoms with van der Waals surface area (Å²) in [5.74, 6) is -0.200. The van der Waals surface area contributed by atoms with Crippen LogP contribution < -0.4 is 9.62 Å². The highest BCUT2D eigenvalue weighted by molar-refractivity contribution is 7.90. The van der Waals surface area contributed by atoms with Gasteiger partial charge >= 0.3 is 10.2 Å². The molecular formula is C24H25N3O3S. The van der Waals surface area contributed by atoms with Crippen molar-refractivity contribution < 1.29 is 13.2 Å². The highest BCUT2D eigenvalue weighted by Crippen LogP contribution is 2.36. The van der Waals surface area contributed by atoms with Crippen molar-refractivity contribution in [2.45, 2.75) is 12.8 Å². The van der Waals surface area contributed by atoms with Crippen LogP contribution in [0.15, 0.2) is 72.8 Å². The Bertz CT molecular complexity index is 1190. The SMILES string of the molecule is CN(C)S(=O)(=O)N1CCc2c1ccc(C(=O)Nc1ccccc1)c2Cc1ccccc1. The van der Waals surface area contributed by atoms with Gasteiger partial charge < -0.3 is 5.32 Å². The Morgan fingerprint density at radius 3 is 2.26 bits per heavy atom. The fourth-order valence-electron chi connectivity index (χ4n) is 3.90. The van der Waals surface area contributed by atoms with Crippen LogP contribution >= 0.6 is 0 Å². The van der Waals surface area contributed by atoms with Gasteiger partial charge in [0.25, 0.3) is 5.91 Å². The van der Waals surface area contributed by atoms with Gasteiger partial charge in [0, 0.05) is 31.9 Å². The number of fused-ring (bicyclic) bond motifs is 1. The minimum atomic E-state index is -3.60. The molecule has 1 amide bonds. The Balaban J connectivity index is 1.78. The standard InChI is InChI=1S/C24H25N3O3S/c1-26(2)31(29,30)27-16-15-20-22(17-18-9-5-3-6-10-18)21(13-14-23(20)27)24(28)25-19-11-7-4-8-12-19/h3-14H,15-17H2,1-2H3,(H,25,28). The van der Waals surface area contributed by atoms with Gasteiger partial charge in [0.15, 0.2) is 0 Å². The zero-order valence-corrected chi connectivity index (χ0v) is 18.4. The third-order valence-corrected chi connectivity index (χ3v) is 7.34. The number of hydrogen-bond acceptors (Lipinski definition) is 3. The van der Waals surface area contributed by atoms with Gasteiger partial charge in [-0.05, 0) is 53.8 Å². The number of nitrogens with zero attached hydrogens (tertiary/aromatic N) is 2. The molecule has 0 aliphatic carbocycles. The van der Waals surface area contributed by atoms with Gasteiger partial charge in [0.2, 0.25) is 0 Å². The summed E-state index contributed by atoms with van der Waals surface area (Å²) in [4.78, 5) is 13.2. The maximum Gasteiger partial charge on any atom is 0.303 e. The van der Waals surface area contributed by atoms with E-state index in [4.69, 9.17) is 0 Å². The molecule has 3 aromatic carbocycles. The molecule has 6 nitrogen and oxygen atoms in total. The third kappa shape index (κ3) is 4.19. The van der Waals surface area contributed by atoms with E-state index in [2.05, 4.69) is 5.32 Å². The van der Waals surface area contributed by atoms with E-state index < -0.39 is 10.2 Å². The Morgan fingerprint density at radius 1 is 0.968 bits per heavy atom. The average Bonchev–Trinajstić information content (AvgIpc) is 3.20. The van der Waals surface area contributed by atoms with Crippen LogP contribution in [0.4, 0.5) is 11.4 Å². The highest BCUT2D eigenvalue weighted by Gasteiger charge is 2.33. The summed E-state index contributed by atoms with van der Waals surface area (Å²) in [6, 6.07) is 22.7. The molecule has 4 rings (SSSR count). The van der Waals surface area contributed by atoms with Crippen molar-refractivity contribution in [2.24, 2.45) is 0 Å². The van der Waals surface area contributed by atoms with Crippen molar-refractivity contribution in [1.29, 1.82) is 0 Å². The summed E-state index contributed by atoms with van der Waals surface area (Å²) in [6.45, 7) is 0.362. The number of anilines is 2. The molecule has 31 heavy (non-hydrogen) atoms. The van der Waals surface area contributed by atoms with E-state index in [-0.39, 0.29) is 5.91 Å². The number of amides is 1. The second kappa shape index (κ2) is 8.53. The first-order valence-electron chi connectivity index (χ1n) is 10.1. The molecule has 0 saturated carbocycles. The second-order valence-corrected chi connectivity index (χ2v) is 9.75. The van der Waals surface area contributed by atoms with Gasteiger partial charge in [-0.15, -0.1) is 0 Å². The molecule has 0 unspecified atom stereocenters. The van der Waals surface area contributed by atoms with E-state index in [0.29, 0.717) is 30.6 Å². The van der Waals surface area contributed by atoms with E-state index in [1.54, 1.807) is 12.1 Å². The summed E-state index contributed by atoms with van der Waals surface area (Å²) in [5, 5.41) is 2.96. The van der Waals surface area contributed by atoms with Gasteiger partial charge in [-0.3, -0.25) is 9.10 Å². The van der Waals surface area contributed by atoms with E-state index in [1.807, 2.05) is 60.7 Å². The van der Waals surface area contributed by atoms with Gasteiger partial charge in [0.1, 0.15) is 0 Å². The topological polar surface area (TPSA) is 69.7 Å². The van der Waals surface area contributed by atoms with Crippen molar-refractivity contribution in [3.8, 4) is 0 Å². The first-order valence-corrected chi connectivity index (χ1v) is 11.5. The molecule has 160 valence electrons. The highest BCUT2D eigenvalue weighted by atomic mass is 32.2. The molecule has 1 heterocycles. The molecule has 0 spiro atoms. The number of carbonyl (C=O) groups is 1. The summed E-state index contributed by atoms with van der Waals surface area (Å²) >= 11 is 0. The average molecular weight is 436 g/mol. The van der Waals surface area contributed by atoms with Crippen molar-refractivity contribution in [2.75, 3.05) is 30.3 Å². The molecule has 0 radical (unpaired) electrons. The van der Waals surface area contributed by atoms with E-state index in [1.165, 1.54) is 22.7 Å². The van der Waals surface area contributed by atoms with E-state index >= 15 is 0 Å². The predicted molar refractivity (Wildman–Crippen MR) is 124 cm³/mol. The molecule has 0 bridgehead atoms. The minimum Gasteiger partial charge on any atom is -0.322 e. The van der Waals surface area contributed by atoms with Crippen molar-refractivity contribution >= 4 is 27.5 Å². The van der Waals surface area contributed by atoms with Crippen LogP contribution in [0.3, 0.4) is 0 Å². The largest absolute Gasteiger partial charge is 0.322 e. The van der Waals surface area contributed by atoms with Crippen LogP contribution in [0.2, 0.25) is 0 Å². The fraction of sp³-hybridized carbons (Fsp3) is 0.208. The quantitative estimate of drug-likeness (QED) is 0.642. The third-order valence-electron chi connectivity index (χ3n) is 5.48. The smallest absolute Gasteiger partial charge is 0.303 e.